The highest BCUT2D eigenvalue weighted by Gasteiger charge is 2.33. The monoisotopic (exact) mass is 371 g/mol. The first kappa shape index (κ1) is 17.7. The fourth-order valence-corrected chi connectivity index (χ4v) is 4.11. The van der Waals surface area contributed by atoms with Crippen LogP contribution in [0.25, 0.3) is 5.69 Å². The van der Waals surface area contributed by atoms with Gasteiger partial charge in [-0.3, -0.25) is 9.59 Å². The molecule has 1 N–H and O–H groups in total. The Morgan fingerprint density at radius 1 is 1.26 bits per heavy atom. The van der Waals surface area contributed by atoms with Gasteiger partial charge in [-0.25, -0.2) is 9.07 Å². The molecule has 1 aliphatic carbocycles. The Kier molecular flexibility index (Phi) is 4.45. The molecular formula is C20H22FN3O3. The van der Waals surface area contributed by atoms with Crippen molar-refractivity contribution >= 4 is 11.9 Å². The Morgan fingerprint density at radius 2 is 2.07 bits per heavy atom. The number of aromatic nitrogens is 2. The second-order valence-electron chi connectivity index (χ2n) is 7.42. The molecule has 1 amide bonds. The van der Waals surface area contributed by atoms with Crippen LogP contribution in [0.2, 0.25) is 0 Å². The third kappa shape index (κ3) is 3.11. The molecule has 7 heteroatoms. The van der Waals surface area contributed by atoms with Gasteiger partial charge in [-0.05, 0) is 56.7 Å². The summed E-state index contributed by atoms with van der Waals surface area (Å²) in [5.74, 6) is -2.02. The minimum absolute atomic E-state index is 0.203. The molecule has 1 unspecified atom stereocenters. The van der Waals surface area contributed by atoms with Gasteiger partial charge in [0.1, 0.15) is 11.5 Å². The number of aliphatic carboxylic acids is 1. The van der Waals surface area contributed by atoms with Crippen molar-refractivity contribution in [2.45, 2.75) is 39.0 Å². The zero-order valence-electron chi connectivity index (χ0n) is 15.2. The number of fused-ring (bicyclic) bond motifs is 1. The van der Waals surface area contributed by atoms with Crippen molar-refractivity contribution in [1.29, 1.82) is 0 Å². The molecule has 1 atom stereocenters. The quantitative estimate of drug-likeness (QED) is 0.900. The first-order valence-corrected chi connectivity index (χ1v) is 9.35. The molecule has 1 fully saturated rings. The van der Waals surface area contributed by atoms with Crippen molar-refractivity contribution in [3.8, 4) is 5.69 Å². The minimum atomic E-state index is -0.870. The predicted octanol–water partition coefficient (Wildman–Crippen LogP) is 2.75. The minimum Gasteiger partial charge on any atom is -0.481 e. The van der Waals surface area contributed by atoms with Crippen molar-refractivity contribution < 1.29 is 19.1 Å². The summed E-state index contributed by atoms with van der Waals surface area (Å²) >= 11 is 0. The largest absolute Gasteiger partial charge is 0.481 e. The number of amides is 1. The lowest BCUT2D eigenvalue weighted by molar-refractivity contribution is -0.143. The topological polar surface area (TPSA) is 75.4 Å². The van der Waals surface area contributed by atoms with E-state index in [0.717, 1.165) is 36.1 Å². The van der Waals surface area contributed by atoms with E-state index in [9.17, 15) is 19.1 Å². The molecule has 4 rings (SSSR count). The number of carboxylic acids is 1. The van der Waals surface area contributed by atoms with E-state index in [1.165, 1.54) is 6.07 Å². The molecule has 142 valence electrons. The lowest BCUT2D eigenvalue weighted by atomic mass is 9.98. The highest BCUT2D eigenvalue weighted by molar-refractivity contribution is 5.94. The number of carbonyl (C=O) groups excluding carboxylic acids is 1. The van der Waals surface area contributed by atoms with Crippen molar-refractivity contribution in [1.82, 2.24) is 14.7 Å². The second-order valence-corrected chi connectivity index (χ2v) is 7.42. The molecule has 2 heterocycles. The average Bonchev–Trinajstić information content (AvgIpc) is 3.26. The van der Waals surface area contributed by atoms with E-state index >= 15 is 0 Å². The van der Waals surface area contributed by atoms with Crippen molar-refractivity contribution in [2.75, 3.05) is 13.1 Å². The van der Waals surface area contributed by atoms with Crippen LogP contribution in [0, 0.1) is 18.7 Å². The maximum Gasteiger partial charge on any atom is 0.308 e. The molecule has 0 bridgehead atoms. The Morgan fingerprint density at radius 3 is 2.85 bits per heavy atom. The maximum atomic E-state index is 14.4. The van der Waals surface area contributed by atoms with Gasteiger partial charge >= 0.3 is 5.97 Å². The number of carbonyl (C=O) groups is 2. The molecular weight excluding hydrogens is 349 g/mol. The Balaban J connectivity index is 1.71. The Bertz CT molecular complexity index is 921. The SMILES string of the molecule is Cc1ccc(F)c(-n2nc(C(=O)N3CCCC(C(=O)O)C3)c3c2CCC3)c1. The maximum absolute atomic E-state index is 14.4. The van der Waals surface area contributed by atoms with Crippen LogP contribution < -0.4 is 0 Å². The van der Waals surface area contributed by atoms with Gasteiger partial charge in [0.25, 0.3) is 5.91 Å². The molecule has 2 aromatic rings. The third-order valence-electron chi connectivity index (χ3n) is 5.52. The van der Waals surface area contributed by atoms with E-state index in [0.29, 0.717) is 30.8 Å². The lowest BCUT2D eigenvalue weighted by Crippen LogP contribution is -2.42. The molecule has 0 saturated carbocycles. The molecule has 1 aromatic heterocycles. The third-order valence-corrected chi connectivity index (χ3v) is 5.52. The van der Waals surface area contributed by atoms with E-state index < -0.39 is 11.9 Å². The Labute approximate surface area is 156 Å². The number of halogens is 1. The molecule has 0 spiro atoms. The molecule has 2 aliphatic rings. The van der Waals surface area contributed by atoms with Gasteiger partial charge in [0.05, 0.1) is 5.92 Å². The molecule has 6 nitrogen and oxygen atoms in total. The smallest absolute Gasteiger partial charge is 0.308 e. The summed E-state index contributed by atoms with van der Waals surface area (Å²) < 4.78 is 16.0. The van der Waals surface area contributed by atoms with Crippen LogP contribution in [0.4, 0.5) is 4.39 Å². The summed E-state index contributed by atoms with van der Waals surface area (Å²) in [5, 5.41) is 13.8. The molecule has 1 aliphatic heterocycles. The number of rotatable bonds is 3. The van der Waals surface area contributed by atoms with E-state index in [1.54, 1.807) is 21.7 Å². The van der Waals surface area contributed by atoms with Gasteiger partial charge in [-0.2, -0.15) is 5.10 Å². The lowest BCUT2D eigenvalue weighted by Gasteiger charge is -2.30. The summed E-state index contributed by atoms with van der Waals surface area (Å²) in [4.78, 5) is 26.0. The number of hydrogen-bond donors (Lipinski definition) is 1. The normalized spacial score (nSPS) is 19.2. The number of carboxylic acid groups (broad SMARTS) is 1. The van der Waals surface area contributed by atoms with Gasteiger partial charge in [-0.15, -0.1) is 0 Å². The summed E-state index contributed by atoms with van der Waals surface area (Å²) in [5.41, 5.74) is 3.37. The van der Waals surface area contributed by atoms with Crippen LogP contribution in [0.3, 0.4) is 0 Å². The van der Waals surface area contributed by atoms with Crippen LogP contribution in [0.15, 0.2) is 18.2 Å². The standard InChI is InChI=1S/C20H22FN3O3/c1-12-7-8-15(21)17(10-12)24-16-6-2-5-14(16)18(22-24)19(25)23-9-3-4-13(11-23)20(26)27/h7-8,10,13H,2-6,9,11H2,1H3,(H,26,27). The first-order valence-electron chi connectivity index (χ1n) is 9.35. The number of hydrogen-bond acceptors (Lipinski definition) is 3. The van der Waals surface area contributed by atoms with E-state index in [2.05, 4.69) is 5.10 Å². The van der Waals surface area contributed by atoms with Crippen LogP contribution in [-0.2, 0) is 17.6 Å². The van der Waals surface area contributed by atoms with Crippen molar-refractivity contribution in [2.24, 2.45) is 5.92 Å². The molecule has 27 heavy (non-hydrogen) atoms. The van der Waals surface area contributed by atoms with E-state index in [-0.39, 0.29) is 18.3 Å². The van der Waals surface area contributed by atoms with Gasteiger partial charge in [0.15, 0.2) is 5.69 Å². The summed E-state index contributed by atoms with van der Waals surface area (Å²) in [7, 11) is 0. The van der Waals surface area contributed by atoms with Gasteiger partial charge < -0.3 is 10.0 Å². The van der Waals surface area contributed by atoms with Gasteiger partial charge in [0, 0.05) is 24.3 Å². The number of aryl methyl sites for hydroxylation is 1. The predicted molar refractivity (Wildman–Crippen MR) is 96.5 cm³/mol. The fourth-order valence-electron chi connectivity index (χ4n) is 4.11. The number of piperidine rings is 1. The highest BCUT2D eigenvalue weighted by atomic mass is 19.1. The highest BCUT2D eigenvalue weighted by Crippen LogP contribution is 2.30. The van der Waals surface area contributed by atoms with E-state index in [4.69, 9.17) is 0 Å². The summed E-state index contributed by atoms with van der Waals surface area (Å²) in [6, 6.07) is 4.85. The zero-order valence-corrected chi connectivity index (χ0v) is 15.2. The second kappa shape index (κ2) is 6.79. The molecule has 1 aromatic carbocycles. The summed E-state index contributed by atoms with van der Waals surface area (Å²) in [6.45, 7) is 2.62. The summed E-state index contributed by atoms with van der Waals surface area (Å²) in [6.07, 6.45) is 3.64. The van der Waals surface area contributed by atoms with Crippen LogP contribution in [0.5, 0.6) is 0 Å². The molecule has 1 saturated heterocycles. The number of nitrogens with zero attached hydrogens (tertiary/aromatic N) is 3. The van der Waals surface area contributed by atoms with Gasteiger partial charge in [-0.1, -0.05) is 6.07 Å². The van der Waals surface area contributed by atoms with Crippen LogP contribution in [-0.4, -0.2) is 44.8 Å². The number of likely N-dealkylation sites (tertiary alicyclic amines) is 1. The van der Waals surface area contributed by atoms with Crippen molar-refractivity contribution in [3.05, 3.63) is 46.5 Å². The fraction of sp³-hybridized carbons (Fsp3) is 0.450. The Hall–Kier alpha value is -2.70. The van der Waals surface area contributed by atoms with Crippen molar-refractivity contribution in [3.63, 3.8) is 0 Å². The number of benzene rings is 1. The van der Waals surface area contributed by atoms with E-state index in [1.807, 2.05) is 6.92 Å². The van der Waals surface area contributed by atoms with Gasteiger partial charge in [0.2, 0.25) is 0 Å². The first-order chi connectivity index (χ1) is 13.0. The van der Waals surface area contributed by atoms with Crippen LogP contribution in [0.1, 0.15) is 46.6 Å². The van der Waals surface area contributed by atoms with Crippen LogP contribution >= 0.6 is 0 Å². The zero-order chi connectivity index (χ0) is 19.1. The molecule has 0 radical (unpaired) electrons. The average molecular weight is 371 g/mol.